The highest BCUT2D eigenvalue weighted by molar-refractivity contribution is 5.76. The molecule has 0 bridgehead atoms. The molecule has 63 valence electrons. The van der Waals surface area contributed by atoms with Crippen molar-refractivity contribution in [1.29, 1.82) is 0 Å². The molecule has 0 spiro atoms. The van der Waals surface area contributed by atoms with Gasteiger partial charge in [-0.1, -0.05) is 0 Å². The van der Waals surface area contributed by atoms with Crippen molar-refractivity contribution in [3.05, 3.63) is 0 Å². The number of likely N-dealkylation sites (tertiary alicyclic amines) is 1. The van der Waals surface area contributed by atoms with Gasteiger partial charge >= 0.3 is 0 Å². The Balaban J connectivity index is 2.17. The molecule has 1 saturated heterocycles. The standard InChI is InChI=1S/C8H14NO2/c10-7-3-4-8(11)9-5-1-2-6-9/h1-7H2. The summed E-state index contributed by atoms with van der Waals surface area (Å²) >= 11 is 0. The van der Waals surface area contributed by atoms with Gasteiger partial charge in [0.25, 0.3) is 0 Å². The number of rotatable bonds is 3. The highest BCUT2D eigenvalue weighted by Gasteiger charge is 2.16. The quantitative estimate of drug-likeness (QED) is 0.596. The van der Waals surface area contributed by atoms with Gasteiger partial charge in [-0.15, -0.1) is 0 Å². The summed E-state index contributed by atoms with van der Waals surface area (Å²) in [6.45, 7) is 1.68. The van der Waals surface area contributed by atoms with Gasteiger partial charge in [0.05, 0.1) is 6.61 Å². The Morgan fingerprint density at radius 1 is 1.27 bits per heavy atom. The van der Waals surface area contributed by atoms with Crippen molar-refractivity contribution < 1.29 is 9.90 Å². The summed E-state index contributed by atoms with van der Waals surface area (Å²) in [5.74, 6) is 0.165. The highest BCUT2D eigenvalue weighted by Crippen LogP contribution is 2.09. The Labute approximate surface area is 67.0 Å². The zero-order valence-corrected chi connectivity index (χ0v) is 6.71. The van der Waals surface area contributed by atoms with E-state index < -0.39 is 0 Å². The highest BCUT2D eigenvalue weighted by atomic mass is 16.3. The zero-order chi connectivity index (χ0) is 8.10. The van der Waals surface area contributed by atoms with E-state index in [1.165, 1.54) is 0 Å². The maximum absolute atomic E-state index is 11.2. The summed E-state index contributed by atoms with van der Waals surface area (Å²) in [5.41, 5.74) is 0. The van der Waals surface area contributed by atoms with Crippen molar-refractivity contribution in [1.82, 2.24) is 4.90 Å². The van der Waals surface area contributed by atoms with E-state index in [1.54, 1.807) is 0 Å². The summed E-state index contributed by atoms with van der Waals surface area (Å²) < 4.78 is 0. The van der Waals surface area contributed by atoms with E-state index in [0.29, 0.717) is 12.8 Å². The number of carbonyl (C=O) groups is 1. The van der Waals surface area contributed by atoms with Gasteiger partial charge in [-0.3, -0.25) is 4.79 Å². The molecular formula is C8H14NO2. The molecule has 0 aromatic rings. The molecule has 1 aliphatic heterocycles. The third-order valence-electron chi connectivity index (χ3n) is 1.99. The molecule has 3 nitrogen and oxygen atoms in total. The first-order chi connectivity index (χ1) is 5.34. The number of amides is 1. The smallest absolute Gasteiger partial charge is 0.222 e. The monoisotopic (exact) mass is 156 g/mol. The first kappa shape index (κ1) is 8.53. The lowest BCUT2D eigenvalue weighted by atomic mass is 10.3. The normalized spacial score (nSPS) is 17.4. The van der Waals surface area contributed by atoms with Gasteiger partial charge in [-0.2, -0.15) is 0 Å². The fraction of sp³-hybridized carbons (Fsp3) is 0.875. The van der Waals surface area contributed by atoms with Crippen LogP contribution in [0.3, 0.4) is 0 Å². The van der Waals surface area contributed by atoms with E-state index in [9.17, 15) is 9.90 Å². The maximum atomic E-state index is 11.2. The molecule has 1 radical (unpaired) electrons. The first-order valence-electron chi connectivity index (χ1n) is 4.20. The Morgan fingerprint density at radius 2 is 1.91 bits per heavy atom. The van der Waals surface area contributed by atoms with Gasteiger partial charge in [0, 0.05) is 19.5 Å². The fourth-order valence-corrected chi connectivity index (χ4v) is 1.35. The van der Waals surface area contributed by atoms with Gasteiger partial charge in [0.2, 0.25) is 5.91 Å². The molecule has 11 heavy (non-hydrogen) atoms. The largest absolute Gasteiger partial charge is 0.343 e. The van der Waals surface area contributed by atoms with Crippen LogP contribution in [-0.4, -0.2) is 30.5 Å². The van der Waals surface area contributed by atoms with Gasteiger partial charge in [-0.25, -0.2) is 5.11 Å². The van der Waals surface area contributed by atoms with Gasteiger partial charge in [0.15, 0.2) is 0 Å². The van der Waals surface area contributed by atoms with Crippen LogP contribution in [0.2, 0.25) is 0 Å². The van der Waals surface area contributed by atoms with Crippen LogP contribution in [0.5, 0.6) is 0 Å². The topological polar surface area (TPSA) is 40.2 Å². The molecule has 1 amide bonds. The van der Waals surface area contributed by atoms with Crippen molar-refractivity contribution in [2.24, 2.45) is 0 Å². The SMILES string of the molecule is [O]CCCC(=O)N1CCCC1. The van der Waals surface area contributed by atoms with Crippen molar-refractivity contribution in [2.45, 2.75) is 25.7 Å². The molecule has 0 N–H and O–H groups in total. The van der Waals surface area contributed by atoms with Crippen LogP contribution in [0.25, 0.3) is 0 Å². The number of carbonyl (C=O) groups excluding carboxylic acids is 1. The van der Waals surface area contributed by atoms with E-state index in [-0.39, 0.29) is 12.5 Å². The molecular weight excluding hydrogens is 142 g/mol. The van der Waals surface area contributed by atoms with Gasteiger partial charge < -0.3 is 4.90 Å². The van der Waals surface area contributed by atoms with E-state index in [0.717, 1.165) is 25.9 Å². The van der Waals surface area contributed by atoms with Crippen LogP contribution in [-0.2, 0) is 9.90 Å². The second kappa shape index (κ2) is 4.34. The molecule has 0 unspecified atom stereocenters. The van der Waals surface area contributed by atoms with Crippen molar-refractivity contribution in [3.8, 4) is 0 Å². The summed E-state index contributed by atoms with van der Waals surface area (Å²) in [4.78, 5) is 13.0. The fourth-order valence-electron chi connectivity index (χ4n) is 1.35. The van der Waals surface area contributed by atoms with Crippen LogP contribution >= 0.6 is 0 Å². The molecule has 0 saturated carbocycles. The van der Waals surface area contributed by atoms with Crippen molar-refractivity contribution >= 4 is 5.91 Å². The zero-order valence-electron chi connectivity index (χ0n) is 6.71. The van der Waals surface area contributed by atoms with Crippen LogP contribution in [0.15, 0.2) is 0 Å². The molecule has 0 atom stereocenters. The Morgan fingerprint density at radius 3 is 2.45 bits per heavy atom. The van der Waals surface area contributed by atoms with E-state index >= 15 is 0 Å². The van der Waals surface area contributed by atoms with Crippen molar-refractivity contribution in [3.63, 3.8) is 0 Å². The summed E-state index contributed by atoms with van der Waals surface area (Å²) in [5, 5.41) is 10.1. The van der Waals surface area contributed by atoms with Crippen molar-refractivity contribution in [2.75, 3.05) is 19.7 Å². The third-order valence-corrected chi connectivity index (χ3v) is 1.99. The summed E-state index contributed by atoms with van der Waals surface area (Å²) in [7, 11) is 0. The summed E-state index contributed by atoms with van der Waals surface area (Å²) in [6, 6.07) is 0. The van der Waals surface area contributed by atoms with Crippen LogP contribution in [0.1, 0.15) is 25.7 Å². The molecule has 1 aliphatic rings. The van der Waals surface area contributed by atoms with Gasteiger partial charge in [-0.05, 0) is 19.3 Å². The predicted octanol–water partition coefficient (Wildman–Crippen LogP) is 0.820. The Bertz CT molecular complexity index is 130. The van der Waals surface area contributed by atoms with E-state index in [1.807, 2.05) is 4.90 Å². The number of nitrogens with zero attached hydrogens (tertiary/aromatic N) is 1. The minimum absolute atomic E-state index is 0.125. The third kappa shape index (κ3) is 2.50. The first-order valence-corrected chi connectivity index (χ1v) is 4.20. The minimum Gasteiger partial charge on any atom is -0.343 e. The molecule has 1 fully saturated rings. The Kier molecular flexibility index (Phi) is 3.36. The predicted molar refractivity (Wildman–Crippen MR) is 40.6 cm³/mol. The summed E-state index contributed by atoms with van der Waals surface area (Å²) in [6.07, 6.45) is 3.20. The molecule has 1 rings (SSSR count). The van der Waals surface area contributed by atoms with Gasteiger partial charge in [0.1, 0.15) is 0 Å². The second-order valence-electron chi connectivity index (χ2n) is 2.90. The lowest BCUT2D eigenvalue weighted by molar-refractivity contribution is -0.130. The molecule has 0 aromatic carbocycles. The second-order valence-corrected chi connectivity index (χ2v) is 2.90. The minimum atomic E-state index is -0.125. The van der Waals surface area contributed by atoms with E-state index in [2.05, 4.69) is 0 Å². The van der Waals surface area contributed by atoms with Crippen LogP contribution < -0.4 is 0 Å². The average molecular weight is 156 g/mol. The molecule has 0 aliphatic carbocycles. The molecule has 1 heterocycles. The average Bonchev–Trinajstić information content (AvgIpc) is 2.52. The van der Waals surface area contributed by atoms with Crippen LogP contribution in [0, 0.1) is 0 Å². The lowest BCUT2D eigenvalue weighted by Crippen LogP contribution is -2.27. The van der Waals surface area contributed by atoms with E-state index in [4.69, 9.17) is 0 Å². The molecule has 3 heteroatoms. The molecule has 0 aromatic heterocycles. The Hall–Kier alpha value is -0.570. The van der Waals surface area contributed by atoms with Crippen LogP contribution in [0.4, 0.5) is 0 Å². The lowest BCUT2D eigenvalue weighted by Gasteiger charge is -2.13. The number of hydrogen-bond donors (Lipinski definition) is 0. The number of hydrogen-bond acceptors (Lipinski definition) is 1. The maximum Gasteiger partial charge on any atom is 0.222 e.